The first kappa shape index (κ1) is 21.0. The van der Waals surface area contributed by atoms with Crippen LogP contribution in [0.1, 0.15) is 27.9 Å². The van der Waals surface area contributed by atoms with E-state index in [9.17, 15) is 14.0 Å². The molecule has 7 heteroatoms. The topological polar surface area (TPSA) is 77.5 Å². The zero-order valence-electron chi connectivity index (χ0n) is 16.4. The fourth-order valence-electron chi connectivity index (χ4n) is 2.71. The molecule has 1 N–H and O–H groups in total. The van der Waals surface area contributed by atoms with Gasteiger partial charge in [-0.1, -0.05) is 12.1 Å². The summed E-state index contributed by atoms with van der Waals surface area (Å²) in [6.45, 7) is 0.336. The number of pyridine rings is 1. The Bertz CT molecular complexity index is 1000. The van der Waals surface area contributed by atoms with E-state index in [2.05, 4.69) is 15.0 Å². The molecule has 154 valence electrons. The molecule has 3 aromatic rings. The summed E-state index contributed by atoms with van der Waals surface area (Å²) in [5.74, 6) is 0.0119. The highest BCUT2D eigenvalue weighted by Gasteiger charge is 2.07. The highest BCUT2D eigenvalue weighted by atomic mass is 19.1. The fourth-order valence-corrected chi connectivity index (χ4v) is 2.71. The van der Waals surface area contributed by atoms with Crippen molar-refractivity contribution in [3.05, 3.63) is 89.4 Å². The van der Waals surface area contributed by atoms with E-state index in [0.29, 0.717) is 36.6 Å². The van der Waals surface area contributed by atoms with Crippen molar-refractivity contribution in [3.63, 3.8) is 0 Å². The number of ether oxygens (including phenoxy) is 2. The molecule has 30 heavy (non-hydrogen) atoms. The molecule has 0 saturated heterocycles. The number of aryl methyl sites for hydroxylation is 1. The van der Waals surface area contributed by atoms with Crippen LogP contribution in [0.4, 0.5) is 4.39 Å². The SMILES string of the molecule is COC(=O)c1ccc(CCC(=O)NCc2ccnc(Oc3ccc(F)cc3)c2)cc1. The molecule has 0 radical (unpaired) electrons. The number of carbonyl (C=O) groups excluding carboxylic acids is 2. The van der Waals surface area contributed by atoms with E-state index in [-0.39, 0.29) is 17.7 Å². The molecular formula is C23H21FN2O4. The number of nitrogens with one attached hydrogen (secondary N) is 1. The van der Waals surface area contributed by atoms with Crippen molar-refractivity contribution in [1.29, 1.82) is 0 Å². The maximum Gasteiger partial charge on any atom is 0.337 e. The van der Waals surface area contributed by atoms with Crippen molar-refractivity contribution in [2.75, 3.05) is 7.11 Å². The maximum atomic E-state index is 13.0. The molecule has 0 atom stereocenters. The minimum atomic E-state index is -0.389. The van der Waals surface area contributed by atoms with Crippen LogP contribution in [0.5, 0.6) is 11.6 Å². The van der Waals surface area contributed by atoms with Crippen molar-refractivity contribution in [2.45, 2.75) is 19.4 Å². The first-order valence-electron chi connectivity index (χ1n) is 9.36. The number of methoxy groups -OCH3 is 1. The van der Waals surface area contributed by atoms with Gasteiger partial charge in [-0.15, -0.1) is 0 Å². The average molecular weight is 408 g/mol. The molecule has 1 aromatic heterocycles. The van der Waals surface area contributed by atoms with Crippen LogP contribution >= 0.6 is 0 Å². The number of hydrogen-bond acceptors (Lipinski definition) is 5. The average Bonchev–Trinajstić information content (AvgIpc) is 2.78. The van der Waals surface area contributed by atoms with Gasteiger partial charge in [0.1, 0.15) is 11.6 Å². The van der Waals surface area contributed by atoms with Gasteiger partial charge in [0, 0.05) is 25.2 Å². The lowest BCUT2D eigenvalue weighted by atomic mass is 10.1. The Morgan fingerprint density at radius 3 is 2.43 bits per heavy atom. The van der Waals surface area contributed by atoms with Crippen molar-refractivity contribution in [1.82, 2.24) is 10.3 Å². The highest BCUT2D eigenvalue weighted by molar-refractivity contribution is 5.89. The van der Waals surface area contributed by atoms with Crippen LogP contribution in [-0.2, 0) is 22.5 Å². The van der Waals surface area contributed by atoms with Gasteiger partial charge < -0.3 is 14.8 Å². The van der Waals surface area contributed by atoms with Gasteiger partial charge in [-0.2, -0.15) is 0 Å². The summed E-state index contributed by atoms with van der Waals surface area (Å²) in [4.78, 5) is 27.7. The van der Waals surface area contributed by atoms with Crippen LogP contribution in [-0.4, -0.2) is 24.0 Å². The second kappa shape index (κ2) is 10.2. The number of carbonyl (C=O) groups is 2. The van der Waals surface area contributed by atoms with Gasteiger partial charge >= 0.3 is 5.97 Å². The maximum absolute atomic E-state index is 13.0. The lowest BCUT2D eigenvalue weighted by molar-refractivity contribution is -0.121. The predicted octanol–water partition coefficient (Wildman–Crippen LogP) is 4.05. The summed E-state index contributed by atoms with van der Waals surface area (Å²) in [6.07, 6.45) is 2.47. The van der Waals surface area contributed by atoms with Crippen molar-refractivity contribution >= 4 is 11.9 Å². The Hall–Kier alpha value is -3.74. The van der Waals surface area contributed by atoms with E-state index in [1.54, 1.807) is 30.5 Å². The van der Waals surface area contributed by atoms with Gasteiger partial charge in [0.25, 0.3) is 0 Å². The zero-order valence-corrected chi connectivity index (χ0v) is 16.4. The number of esters is 1. The molecule has 0 saturated carbocycles. The Balaban J connectivity index is 1.47. The Morgan fingerprint density at radius 2 is 1.73 bits per heavy atom. The van der Waals surface area contributed by atoms with Crippen molar-refractivity contribution < 1.29 is 23.5 Å². The van der Waals surface area contributed by atoms with E-state index in [4.69, 9.17) is 4.74 Å². The fraction of sp³-hybridized carbons (Fsp3) is 0.174. The monoisotopic (exact) mass is 408 g/mol. The molecule has 6 nitrogen and oxygen atoms in total. The number of rotatable bonds is 8. The normalized spacial score (nSPS) is 10.3. The van der Waals surface area contributed by atoms with Crippen LogP contribution < -0.4 is 10.1 Å². The summed E-state index contributed by atoms with van der Waals surface area (Å²) in [6, 6.07) is 16.1. The van der Waals surface area contributed by atoms with Crippen LogP contribution in [0, 0.1) is 5.82 Å². The van der Waals surface area contributed by atoms with E-state index >= 15 is 0 Å². The second-order valence-corrected chi connectivity index (χ2v) is 6.52. The second-order valence-electron chi connectivity index (χ2n) is 6.52. The quantitative estimate of drug-likeness (QED) is 0.569. The number of halogens is 1. The number of aromatic nitrogens is 1. The number of benzene rings is 2. The molecular weight excluding hydrogens is 387 g/mol. The predicted molar refractivity (Wildman–Crippen MR) is 109 cm³/mol. The van der Waals surface area contributed by atoms with E-state index in [1.165, 1.54) is 31.4 Å². The Labute approximate surface area is 173 Å². The molecule has 0 aliphatic rings. The van der Waals surface area contributed by atoms with Gasteiger partial charge in [-0.05, 0) is 60.0 Å². The molecule has 0 fully saturated rings. The summed E-state index contributed by atoms with van der Waals surface area (Å²) in [5.41, 5.74) is 2.26. The van der Waals surface area contributed by atoms with Crippen LogP contribution in [0.25, 0.3) is 0 Å². The Morgan fingerprint density at radius 1 is 1.00 bits per heavy atom. The smallest absolute Gasteiger partial charge is 0.337 e. The van der Waals surface area contributed by atoms with Crippen LogP contribution in [0.15, 0.2) is 66.9 Å². The minimum Gasteiger partial charge on any atom is -0.465 e. The standard InChI is InChI=1S/C23H21FN2O4/c1-29-23(28)18-5-2-16(3-6-18)4-11-21(27)26-15-17-12-13-25-22(14-17)30-20-9-7-19(24)8-10-20/h2-3,5-10,12-14H,4,11,15H2,1H3,(H,26,27). The number of amides is 1. The number of hydrogen-bond donors (Lipinski definition) is 1. The lowest BCUT2D eigenvalue weighted by Crippen LogP contribution is -2.23. The molecule has 0 aliphatic carbocycles. The van der Waals surface area contributed by atoms with Gasteiger partial charge in [0.15, 0.2) is 0 Å². The number of nitrogens with zero attached hydrogens (tertiary/aromatic N) is 1. The molecule has 1 heterocycles. The van der Waals surface area contributed by atoms with Gasteiger partial charge in [0.05, 0.1) is 12.7 Å². The highest BCUT2D eigenvalue weighted by Crippen LogP contribution is 2.20. The summed E-state index contributed by atoms with van der Waals surface area (Å²) in [7, 11) is 1.33. The molecule has 3 rings (SSSR count). The van der Waals surface area contributed by atoms with E-state index < -0.39 is 0 Å². The first-order valence-corrected chi connectivity index (χ1v) is 9.36. The van der Waals surface area contributed by atoms with Gasteiger partial charge in [-0.3, -0.25) is 4.79 Å². The zero-order chi connectivity index (χ0) is 21.3. The van der Waals surface area contributed by atoms with E-state index in [0.717, 1.165) is 11.1 Å². The molecule has 0 spiro atoms. The molecule has 0 bridgehead atoms. The molecule has 2 aromatic carbocycles. The molecule has 1 amide bonds. The van der Waals surface area contributed by atoms with Crippen molar-refractivity contribution in [2.24, 2.45) is 0 Å². The third kappa shape index (κ3) is 6.13. The summed E-state index contributed by atoms with van der Waals surface area (Å²) in [5, 5.41) is 2.86. The first-order chi connectivity index (χ1) is 14.5. The minimum absolute atomic E-state index is 0.0927. The summed E-state index contributed by atoms with van der Waals surface area (Å²) < 4.78 is 23.2. The third-order valence-electron chi connectivity index (χ3n) is 4.34. The lowest BCUT2D eigenvalue weighted by Gasteiger charge is -2.08. The van der Waals surface area contributed by atoms with Crippen molar-refractivity contribution in [3.8, 4) is 11.6 Å². The van der Waals surface area contributed by atoms with Crippen LogP contribution in [0.3, 0.4) is 0 Å². The van der Waals surface area contributed by atoms with E-state index in [1.807, 2.05) is 12.1 Å². The van der Waals surface area contributed by atoms with Gasteiger partial charge in [0.2, 0.25) is 11.8 Å². The largest absolute Gasteiger partial charge is 0.465 e. The molecule has 0 aliphatic heterocycles. The molecule has 0 unspecified atom stereocenters. The summed E-state index contributed by atoms with van der Waals surface area (Å²) >= 11 is 0. The van der Waals surface area contributed by atoms with Crippen LogP contribution in [0.2, 0.25) is 0 Å². The van der Waals surface area contributed by atoms with Gasteiger partial charge in [-0.25, -0.2) is 14.2 Å². The Kier molecular flexibility index (Phi) is 7.10. The third-order valence-corrected chi connectivity index (χ3v) is 4.34.